The Morgan fingerprint density at radius 3 is 2.89 bits per heavy atom. The molecule has 104 valence electrons. The summed E-state index contributed by atoms with van der Waals surface area (Å²) < 4.78 is 12.3. The van der Waals surface area contributed by atoms with E-state index < -0.39 is 0 Å². The molecule has 0 radical (unpaired) electrons. The normalized spacial score (nSPS) is 14.7. The van der Waals surface area contributed by atoms with E-state index in [1.54, 1.807) is 7.11 Å². The van der Waals surface area contributed by atoms with Crippen molar-refractivity contribution < 1.29 is 9.47 Å². The number of methoxy groups -OCH3 is 1. The van der Waals surface area contributed by atoms with Gasteiger partial charge in [0, 0.05) is 31.8 Å². The third-order valence-electron chi connectivity index (χ3n) is 2.94. The van der Waals surface area contributed by atoms with E-state index in [9.17, 15) is 0 Å². The SMILES string of the molecule is CCC(C)n1ccc(CC(N)COCCOC)n1. The number of hydrogen-bond donors (Lipinski definition) is 1. The van der Waals surface area contributed by atoms with E-state index in [0.29, 0.717) is 25.9 Å². The molecule has 5 nitrogen and oxygen atoms in total. The van der Waals surface area contributed by atoms with Crippen molar-refractivity contribution >= 4 is 0 Å². The molecular formula is C13H25N3O2. The van der Waals surface area contributed by atoms with E-state index in [1.807, 2.05) is 16.9 Å². The second-order valence-electron chi connectivity index (χ2n) is 4.58. The molecule has 0 amide bonds. The molecule has 0 bridgehead atoms. The fraction of sp³-hybridized carbons (Fsp3) is 0.769. The predicted molar refractivity (Wildman–Crippen MR) is 71.6 cm³/mol. The summed E-state index contributed by atoms with van der Waals surface area (Å²) in [4.78, 5) is 0. The summed E-state index contributed by atoms with van der Waals surface area (Å²) in [6, 6.07) is 2.45. The van der Waals surface area contributed by atoms with Crippen molar-refractivity contribution in [2.75, 3.05) is 26.9 Å². The van der Waals surface area contributed by atoms with E-state index >= 15 is 0 Å². The highest BCUT2D eigenvalue weighted by atomic mass is 16.5. The first-order chi connectivity index (χ1) is 8.67. The van der Waals surface area contributed by atoms with Gasteiger partial charge >= 0.3 is 0 Å². The Bertz CT molecular complexity index is 328. The molecule has 1 aromatic heterocycles. The van der Waals surface area contributed by atoms with E-state index in [1.165, 1.54) is 0 Å². The minimum absolute atomic E-state index is 0.0119. The van der Waals surface area contributed by atoms with Crippen LogP contribution in [0.1, 0.15) is 32.0 Å². The topological polar surface area (TPSA) is 62.3 Å². The van der Waals surface area contributed by atoms with Crippen LogP contribution in [0.5, 0.6) is 0 Å². The standard InChI is InChI=1S/C13H25N3O2/c1-4-11(2)16-6-5-13(15-16)9-12(14)10-18-8-7-17-3/h5-6,11-12H,4,7-10,14H2,1-3H3. The molecule has 18 heavy (non-hydrogen) atoms. The Morgan fingerprint density at radius 2 is 2.22 bits per heavy atom. The van der Waals surface area contributed by atoms with Crippen LogP contribution < -0.4 is 5.73 Å². The van der Waals surface area contributed by atoms with Crippen LogP contribution in [0, 0.1) is 0 Å². The molecule has 1 rings (SSSR count). The zero-order valence-electron chi connectivity index (χ0n) is 11.6. The maximum Gasteiger partial charge on any atom is 0.0701 e. The van der Waals surface area contributed by atoms with Gasteiger partial charge in [-0.05, 0) is 19.4 Å². The van der Waals surface area contributed by atoms with Crippen LogP contribution in [0.15, 0.2) is 12.3 Å². The van der Waals surface area contributed by atoms with Crippen molar-refractivity contribution in [2.24, 2.45) is 5.73 Å². The molecule has 2 atom stereocenters. The lowest BCUT2D eigenvalue weighted by molar-refractivity contribution is 0.0636. The molecule has 2 N–H and O–H groups in total. The Balaban J connectivity index is 2.30. The van der Waals surface area contributed by atoms with Crippen LogP contribution in [0.2, 0.25) is 0 Å². The summed E-state index contributed by atoms with van der Waals surface area (Å²) in [5.74, 6) is 0. The van der Waals surface area contributed by atoms with E-state index in [4.69, 9.17) is 15.2 Å². The van der Waals surface area contributed by atoms with Crippen LogP contribution >= 0.6 is 0 Å². The first-order valence-electron chi connectivity index (χ1n) is 6.53. The van der Waals surface area contributed by atoms with Gasteiger partial charge in [-0.1, -0.05) is 6.92 Å². The molecule has 0 spiro atoms. The van der Waals surface area contributed by atoms with Gasteiger partial charge in [-0.15, -0.1) is 0 Å². The molecule has 0 aliphatic carbocycles. The molecule has 0 fully saturated rings. The Hall–Kier alpha value is -0.910. The lowest BCUT2D eigenvalue weighted by Crippen LogP contribution is -2.29. The van der Waals surface area contributed by atoms with Crippen molar-refractivity contribution in [3.8, 4) is 0 Å². The van der Waals surface area contributed by atoms with E-state index in [2.05, 4.69) is 18.9 Å². The third-order valence-corrected chi connectivity index (χ3v) is 2.94. The van der Waals surface area contributed by atoms with Crippen molar-refractivity contribution in [3.05, 3.63) is 18.0 Å². The van der Waals surface area contributed by atoms with Crippen LogP contribution in [0.4, 0.5) is 0 Å². The predicted octanol–water partition coefficient (Wildman–Crippen LogP) is 1.39. The zero-order valence-corrected chi connectivity index (χ0v) is 11.6. The fourth-order valence-corrected chi connectivity index (χ4v) is 1.62. The fourth-order valence-electron chi connectivity index (χ4n) is 1.62. The van der Waals surface area contributed by atoms with Gasteiger partial charge in [0.15, 0.2) is 0 Å². The highest BCUT2D eigenvalue weighted by molar-refractivity contribution is 5.01. The monoisotopic (exact) mass is 255 g/mol. The summed E-state index contributed by atoms with van der Waals surface area (Å²) in [6.07, 6.45) is 3.84. The molecule has 1 aromatic rings. The van der Waals surface area contributed by atoms with Crippen LogP contribution in [-0.4, -0.2) is 42.8 Å². The first-order valence-corrected chi connectivity index (χ1v) is 6.53. The molecule has 2 unspecified atom stereocenters. The quantitative estimate of drug-likeness (QED) is 0.677. The molecule has 0 saturated carbocycles. The van der Waals surface area contributed by atoms with Gasteiger partial charge in [0.1, 0.15) is 0 Å². The van der Waals surface area contributed by atoms with E-state index in [-0.39, 0.29) is 6.04 Å². The average Bonchev–Trinajstić information content (AvgIpc) is 2.82. The largest absolute Gasteiger partial charge is 0.382 e. The van der Waals surface area contributed by atoms with Gasteiger partial charge in [-0.3, -0.25) is 4.68 Å². The smallest absolute Gasteiger partial charge is 0.0701 e. The first kappa shape index (κ1) is 15.1. The highest BCUT2D eigenvalue weighted by Gasteiger charge is 2.09. The second kappa shape index (κ2) is 8.24. The highest BCUT2D eigenvalue weighted by Crippen LogP contribution is 2.10. The summed E-state index contributed by atoms with van der Waals surface area (Å²) in [7, 11) is 1.66. The number of nitrogens with zero attached hydrogens (tertiary/aromatic N) is 2. The van der Waals surface area contributed by atoms with Crippen molar-refractivity contribution in [2.45, 2.75) is 38.8 Å². The number of rotatable bonds is 9. The molecule has 0 aliphatic rings. The number of nitrogens with two attached hydrogens (primary N) is 1. The number of aromatic nitrogens is 2. The maximum atomic E-state index is 5.99. The lowest BCUT2D eigenvalue weighted by atomic mass is 10.2. The van der Waals surface area contributed by atoms with Crippen LogP contribution in [0.25, 0.3) is 0 Å². The summed E-state index contributed by atoms with van der Waals surface area (Å²) >= 11 is 0. The van der Waals surface area contributed by atoms with Gasteiger partial charge in [-0.25, -0.2) is 0 Å². The van der Waals surface area contributed by atoms with Crippen molar-refractivity contribution in [3.63, 3.8) is 0 Å². The van der Waals surface area contributed by atoms with Gasteiger partial charge in [0.05, 0.1) is 25.5 Å². The lowest BCUT2D eigenvalue weighted by Gasteiger charge is -2.11. The van der Waals surface area contributed by atoms with Gasteiger partial charge in [-0.2, -0.15) is 5.10 Å². The molecular weight excluding hydrogens is 230 g/mol. The minimum Gasteiger partial charge on any atom is -0.382 e. The Labute approximate surface area is 109 Å². The zero-order chi connectivity index (χ0) is 13.4. The van der Waals surface area contributed by atoms with Crippen molar-refractivity contribution in [1.29, 1.82) is 0 Å². The maximum absolute atomic E-state index is 5.99. The average molecular weight is 255 g/mol. The summed E-state index contributed by atoms with van der Waals surface area (Å²) in [6.45, 7) is 6.05. The van der Waals surface area contributed by atoms with E-state index in [0.717, 1.165) is 18.5 Å². The molecule has 0 aromatic carbocycles. The summed E-state index contributed by atoms with van der Waals surface area (Å²) in [5, 5.41) is 4.52. The van der Waals surface area contributed by atoms with Gasteiger partial charge in [0.25, 0.3) is 0 Å². The number of ether oxygens (including phenoxy) is 2. The Morgan fingerprint density at radius 1 is 1.44 bits per heavy atom. The Kier molecular flexibility index (Phi) is 6.93. The minimum atomic E-state index is -0.0119. The van der Waals surface area contributed by atoms with Crippen LogP contribution in [0.3, 0.4) is 0 Å². The molecule has 0 saturated heterocycles. The van der Waals surface area contributed by atoms with Crippen LogP contribution in [-0.2, 0) is 15.9 Å². The third kappa shape index (κ3) is 5.16. The molecule has 0 aliphatic heterocycles. The summed E-state index contributed by atoms with van der Waals surface area (Å²) in [5.41, 5.74) is 7.02. The number of hydrogen-bond acceptors (Lipinski definition) is 4. The van der Waals surface area contributed by atoms with Gasteiger partial charge < -0.3 is 15.2 Å². The van der Waals surface area contributed by atoms with Crippen molar-refractivity contribution in [1.82, 2.24) is 9.78 Å². The van der Waals surface area contributed by atoms with Gasteiger partial charge in [0.2, 0.25) is 0 Å². The second-order valence-corrected chi connectivity index (χ2v) is 4.58. The molecule has 5 heteroatoms. The molecule has 1 heterocycles.